The molecular weight excluding hydrogens is 326 g/mol. The van der Waals surface area contributed by atoms with E-state index in [-0.39, 0.29) is 6.54 Å². The summed E-state index contributed by atoms with van der Waals surface area (Å²) in [4.78, 5) is 19.8. The van der Waals surface area contributed by atoms with Gasteiger partial charge in [0, 0.05) is 41.4 Å². The van der Waals surface area contributed by atoms with E-state index in [0.29, 0.717) is 11.1 Å². The zero-order chi connectivity index (χ0) is 17.1. The highest BCUT2D eigenvalue weighted by Crippen LogP contribution is 2.30. The number of anilines is 1. The Bertz CT molecular complexity index is 729. The van der Waals surface area contributed by atoms with E-state index in [9.17, 15) is 4.79 Å². The maximum Gasteiger partial charge on any atom is 0.317 e. The summed E-state index contributed by atoms with van der Waals surface area (Å²) in [6.07, 6.45) is 3.76. The first kappa shape index (κ1) is 17.0. The Balaban J connectivity index is 1.74. The molecule has 0 aliphatic carbocycles. The van der Waals surface area contributed by atoms with E-state index in [1.165, 1.54) is 5.69 Å². The highest BCUT2D eigenvalue weighted by Gasteiger charge is 2.25. The smallest absolute Gasteiger partial charge is 0.317 e. The second-order valence-electron chi connectivity index (χ2n) is 6.17. The predicted molar refractivity (Wildman–Crippen MR) is 96.9 cm³/mol. The largest absolute Gasteiger partial charge is 0.480 e. The van der Waals surface area contributed by atoms with Crippen LogP contribution in [0.3, 0.4) is 0 Å². The van der Waals surface area contributed by atoms with Gasteiger partial charge in [-0.15, -0.1) is 0 Å². The number of nitrogens with zero attached hydrogens (tertiary/aromatic N) is 3. The Morgan fingerprint density at radius 1 is 1.38 bits per heavy atom. The topological polar surface area (TPSA) is 56.7 Å². The van der Waals surface area contributed by atoms with E-state index < -0.39 is 5.97 Å². The first-order valence-electron chi connectivity index (χ1n) is 8.33. The molecule has 0 spiro atoms. The van der Waals surface area contributed by atoms with Gasteiger partial charge in [0.2, 0.25) is 0 Å². The number of carboxylic acids is 1. The Labute approximate surface area is 146 Å². The molecule has 1 aliphatic rings. The average molecular weight is 348 g/mol. The molecule has 1 saturated heterocycles. The number of hydrogen-bond donors (Lipinski definition) is 1. The van der Waals surface area contributed by atoms with Gasteiger partial charge >= 0.3 is 5.97 Å². The number of piperidine rings is 1. The van der Waals surface area contributed by atoms with Gasteiger partial charge in [-0.2, -0.15) is 0 Å². The molecule has 0 amide bonds. The zero-order valence-corrected chi connectivity index (χ0v) is 14.5. The van der Waals surface area contributed by atoms with E-state index in [0.717, 1.165) is 43.4 Å². The van der Waals surface area contributed by atoms with Crippen LogP contribution in [-0.4, -0.2) is 53.2 Å². The lowest BCUT2D eigenvalue weighted by Gasteiger charge is -2.38. The fourth-order valence-corrected chi connectivity index (χ4v) is 3.69. The lowest BCUT2D eigenvalue weighted by Crippen LogP contribution is -2.46. The Hall–Kier alpha value is -1.85. The molecule has 2 heterocycles. The molecule has 3 rings (SSSR count). The molecule has 128 valence electrons. The minimum atomic E-state index is -0.753. The van der Waals surface area contributed by atoms with Crippen molar-refractivity contribution in [2.24, 2.45) is 0 Å². The van der Waals surface area contributed by atoms with Crippen LogP contribution < -0.4 is 4.90 Å². The molecule has 1 N–H and O–H groups in total. The molecular formula is C18H22ClN3O2. The van der Waals surface area contributed by atoms with Crippen molar-refractivity contribution in [1.82, 2.24) is 9.88 Å². The maximum atomic E-state index is 11.0. The van der Waals surface area contributed by atoms with Crippen molar-refractivity contribution in [3.05, 3.63) is 35.5 Å². The van der Waals surface area contributed by atoms with Crippen LogP contribution in [0.4, 0.5) is 5.69 Å². The van der Waals surface area contributed by atoms with Crippen LogP contribution >= 0.6 is 11.6 Å². The summed E-state index contributed by atoms with van der Waals surface area (Å²) in [5.74, 6) is -0.753. The fourth-order valence-electron chi connectivity index (χ4n) is 3.53. The molecule has 1 aliphatic heterocycles. The van der Waals surface area contributed by atoms with Crippen LogP contribution in [0.5, 0.6) is 0 Å². The third-order valence-corrected chi connectivity index (χ3v) is 4.98. The summed E-state index contributed by atoms with van der Waals surface area (Å²) in [6, 6.07) is 8.19. The van der Waals surface area contributed by atoms with Crippen molar-refractivity contribution >= 4 is 34.2 Å². The SMILES string of the molecule is CCN(CC(=O)O)C1CCN(c2ccnc3cc(Cl)ccc23)CC1. The Morgan fingerprint density at radius 3 is 2.79 bits per heavy atom. The van der Waals surface area contributed by atoms with E-state index in [4.69, 9.17) is 16.7 Å². The van der Waals surface area contributed by atoms with Crippen LogP contribution in [0.1, 0.15) is 19.8 Å². The highest BCUT2D eigenvalue weighted by molar-refractivity contribution is 6.31. The first-order chi connectivity index (χ1) is 11.6. The molecule has 1 fully saturated rings. The second kappa shape index (κ2) is 7.36. The lowest BCUT2D eigenvalue weighted by molar-refractivity contribution is -0.139. The third kappa shape index (κ3) is 3.62. The summed E-state index contributed by atoms with van der Waals surface area (Å²) in [5.41, 5.74) is 2.08. The van der Waals surface area contributed by atoms with E-state index in [1.807, 2.05) is 37.4 Å². The number of fused-ring (bicyclic) bond motifs is 1. The standard InChI is InChI=1S/C18H22ClN3O2/c1-2-21(12-18(23)24)14-6-9-22(10-7-14)17-5-8-20-16-11-13(19)3-4-15(16)17/h3-5,8,11,14H,2,6-7,9-10,12H2,1H3,(H,23,24). The fraction of sp³-hybridized carbons (Fsp3) is 0.444. The van der Waals surface area contributed by atoms with Gasteiger partial charge in [0.25, 0.3) is 0 Å². The van der Waals surface area contributed by atoms with Gasteiger partial charge < -0.3 is 10.0 Å². The van der Waals surface area contributed by atoms with Crippen molar-refractivity contribution in [2.75, 3.05) is 31.1 Å². The first-order valence-corrected chi connectivity index (χ1v) is 8.71. The minimum Gasteiger partial charge on any atom is -0.480 e. The van der Waals surface area contributed by atoms with Crippen LogP contribution in [0, 0.1) is 0 Å². The summed E-state index contributed by atoms with van der Waals surface area (Å²) >= 11 is 6.06. The van der Waals surface area contributed by atoms with Crippen molar-refractivity contribution in [2.45, 2.75) is 25.8 Å². The molecule has 0 saturated carbocycles. The van der Waals surface area contributed by atoms with Gasteiger partial charge in [-0.1, -0.05) is 18.5 Å². The highest BCUT2D eigenvalue weighted by atomic mass is 35.5. The van der Waals surface area contributed by atoms with Gasteiger partial charge in [-0.25, -0.2) is 0 Å². The van der Waals surface area contributed by atoms with Crippen molar-refractivity contribution < 1.29 is 9.90 Å². The molecule has 1 aromatic heterocycles. The van der Waals surface area contributed by atoms with Crippen molar-refractivity contribution in [3.8, 4) is 0 Å². The molecule has 0 bridgehead atoms. The van der Waals surface area contributed by atoms with Crippen molar-refractivity contribution in [1.29, 1.82) is 0 Å². The second-order valence-corrected chi connectivity index (χ2v) is 6.60. The Morgan fingerprint density at radius 2 is 2.12 bits per heavy atom. The summed E-state index contributed by atoms with van der Waals surface area (Å²) in [5, 5.41) is 10.8. The number of pyridine rings is 1. The molecule has 24 heavy (non-hydrogen) atoms. The Kier molecular flexibility index (Phi) is 5.21. The lowest BCUT2D eigenvalue weighted by atomic mass is 10.0. The summed E-state index contributed by atoms with van der Waals surface area (Å²) in [6.45, 7) is 4.76. The monoisotopic (exact) mass is 347 g/mol. The van der Waals surface area contributed by atoms with Gasteiger partial charge in [-0.05, 0) is 43.7 Å². The van der Waals surface area contributed by atoms with E-state index >= 15 is 0 Å². The summed E-state index contributed by atoms with van der Waals surface area (Å²) in [7, 11) is 0. The number of rotatable bonds is 5. The van der Waals surface area contributed by atoms with Crippen molar-refractivity contribution in [3.63, 3.8) is 0 Å². The van der Waals surface area contributed by atoms with Gasteiger partial charge in [0.05, 0.1) is 12.1 Å². The van der Waals surface area contributed by atoms with E-state index in [1.54, 1.807) is 0 Å². The molecule has 6 heteroatoms. The molecule has 0 radical (unpaired) electrons. The number of benzene rings is 1. The number of carbonyl (C=O) groups is 1. The number of aliphatic carboxylic acids is 1. The molecule has 0 unspecified atom stereocenters. The predicted octanol–water partition coefficient (Wildman–Crippen LogP) is 3.26. The zero-order valence-electron chi connectivity index (χ0n) is 13.8. The van der Waals surface area contributed by atoms with Gasteiger partial charge in [0.15, 0.2) is 0 Å². The quantitative estimate of drug-likeness (QED) is 0.899. The molecule has 1 aromatic carbocycles. The maximum absolute atomic E-state index is 11.0. The normalized spacial score (nSPS) is 16.0. The average Bonchev–Trinajstić information content (AvgIpc) is 2.59. The van der Waals surface area contributed by atoms with E-state index in [2.05, 4.69) is 14.8 Å². The van der Waals surface area contributed by atoms with Crippen LogP contribution in [0.2, 0.25) is 5.02 Å². The molecule has 0 atom stereocenters. The van der Waals surface area contributed by atoms with Gasteiger partial charge in [-0.3, -0.25) is 14.7 Å². The van der Waals surface area contributed by atoms with Crippen LogP contribution in [-0.2, 0) is 4.79 Å². The number of aromatic nitrogens is 1. The molecule has 5 nitrogen and oxygen atoms in total. The number of halogens is 1. The van der Waals surface area contributed by atoms with Crippen LogP contribution in [0.15, 0.2) is 30.5 Å². The van der Waals surface area contributed by atoms with Crippen LogP contribution in [0.25, 0.3) is 10.9 Å². The third-order valence-electron chi connectivity index (χ3n) is 4.75. The van der Waals surface area contributed by atoms with Gasteiger partial charge in [0.1, 0.15) is 0 Å². The number of carboxylic acid groups (broad SMARTS) is 1. The number of hydrogen-bond acceptors (Lipinski definition) is 4. The number of likely N-dealkylation sites (N-methyl/N-ethyl adjacent to an activating group) is 1. The molecule has 2 aromatic rings. The summed E-state index contributed by atoms with van der Waals surface area (Å²) < 4.78 is 0. The minimum absolute atomic E-state index is 0.123.